The van der Waals surface area contributed by atoms with Gasteiger partial charge in [0.15, 0.2) is 5.12 Å². The standard InChI is InChI=1S/C11H12N2OS/c1-2-15-11(14)8-9-4-3-5-10-12-6-7-13(9)10/h3-7H,2,8H2,1H3. The van der Waals surface area contributed by atoms with Gasteiger partial charge < -0.3 is 4.40 Å². The summed E-state index contributed by atoms with van der Waals surface area (Å²) in [7, 11) is 0. The predicted molar refractivity (Wildman–Crippen MR) is 62.0 cm³/mol. The molecular formula is C11H12N2OS. The largest absolute Gasteiger partial charge is 0.304 e. The van der Waals surface area contributed by atoms with E-state index < -0.39 is 0 Å². The number of carbonyl (C=O) groups excluding carboxylic acids is 1. The van der Waals surface area contributed by atoms with Gasteiger partial charge >= 0.3 is 0 Å². The molecule has 0 aromatic carbocycles. The SMILES string of the molecule is CCSC(=O)Cc1cccc2nccn12. The molecule has 0 aliphatic rings. The van der Waals surface area contributed by atoms with Gasteiger partial charge in [-0.15, -0.1) is 0 Å². The molecular weight excluding hydrogens is 208 g/mol. The highest BCUT2D eigenvalue weighted by Gasteiger charge is 2.06. The van der Waals surface area contributed by atoms with E-state index in [1.165, 1.54) is 11.8 Å². The molecule has 0 N–H and O–H groups in total. The topological polar surface area (TPSA) is 34.4 Å². The summed E-state index contributed by atoms with van der Waals surface area (Å²) in [5.74, 6) is 0.832. The van der Waals surface area contributed by atoms with Gasteiger partial charge in [0.2, 0.25) is 0 Å². The molecule has 0 bridgehead atoms. The van der Waals surface area contributed by atoms with Crippen LogP contribution in [0.2, 0.25) is 0 Å². The van der Waals surface area contributed by atoms with Crippen LogP contribution >= 0.6 is 11.8 Å². The fraction of sp³-hybridized carbons (Fsp3) is 0.273. The Bertz CT molecular complexity index is 478. The zero-order valence-corrected chi connectivity index (χ0v) is 9.33. The van der Waals surface area contributed by atoms with Crippen molar-refractivity contribution in [2.24, 2.45) is 0 Å². The molecule has 2 aromatic heterocycles. The average Bonchev–Trinajstić information content (AvgIpc) is 2.67. The molecule has 0 spiro atoms. The van der Waals surface area contributed by atoms with Crippen LogP contribution in [0.1, 0.15) is 12.6 Å². The molecule has 2 aromatic rings. The Hall–Kier alpha value is -1.29. The van der Waals surface area contributed by atoms with Crippen LogP contribution in [-0.4, -0.2) is 20.3 Å². The number of rotatable bonds is 3. The lowest BCUT2D eigenvalue weighted by Gasteiger charge is -2.03. The molecule has 0 saturated carbocycles. The van der Waals surface area contributed by atoms with E-state index in [1.807, 2.05) is 35.7 Å². The molecule has 2 heterocycles. The van der Waals surface area contributed by atoms with Gasteiger partial charge in [-0.2, -0.15) is 0 Å². The first-order chi connectivity index (χ1) is 7.31. The molecule has 2 rings (SSSR count). The maximum absolute atomic E-state index is 11.5. The number of aromatic nitrogens is 2. The number of hydrogen-bond acceptors (Lipinski definition) is 3. The second kappa shape index (κ2) is 4.49. The van der Waals surface area contributed by atoms with Gasteiger partial charge in [-0.25, -0.2) is 4.98 Å². The second-order valence-electron chi connectivity index (χ2n) is 3.15. The van der Waals surface area contributed by atoms with Crippen LogP contribution < -0.4 is 0 Å². The number of pyridine rings is 1. The van der Waals surface area contributed by atoms with Crippen molar-refractivity contribution in [1.82, 2.24) is 9.38 Å². The summed E-state index contributed by atoms with van der Waals surface area (Å²) in [6, 6.07) is 5.82. The minimum absolute atomic E-state index is 0.207. The number of thioether (sulfide) groups is 1. The number of imidazole rings is 1. The van der Waals surface area contributed by atoms with Crippen LogP contribution in [0, 0.1) is 0 Å². The average molecular weight is 220 g/mol. The molecule has 0 fully saturated rings. The van der Waals surface area contributed by atoms with E-state index in [2.05, 4.69) is 4.98 Å². The van der Waals surface area contributed by atoms with Gasteiger partial charge in [0, 0.05) is 18.1 Å². The quantitative estimate of drug-likeness (QED) is 0.795. The van der Waals surface area contributed by atoms with E-state index in [0.29, 0.717) is 6.42 Å². The van der Waals surface area contributed by atoms with Crippen LogP contribution in [0.15, 0.2) is 30.6 Å². The molecule has 0 aliphatic heterocycles. The fourth-order valence-corrected chi connectivity index (χ4v) is 2.08. The van der Waals surface area contributed by atoms with E-state index in [0.717, 1.165) is 17.1 Å². The van der Waals surface area contributed by atoms with Gasteiger partial charge in [-0.05, 0) is 17.9 Å². The van der Waals surface area contributed by atoms with Gasteiger partial charge in [0.1, 0.15) is 5.65 Å². The third-order valence-electron chi connectivity index (χ3n) is 2.14. The van der Waals surface area contributed by atoms with E-state index in [9.17, 15) is 4.79 Å². The zero-order chi connectivity index (χ0) is 10.7. The molecule has 0 radical (unpaired) electrons. The minimum atomic E-state index is 0.207. The molecule has 4 heteroatoms. The molecule has 0 unspecified atom stereocenters. The van der Waals surface area contributed by atoms with Crippen LogP contribution in [0.5, 0.6) is 0 Å². The molecule has 0 atom stereocenters. The van der Waals surface area contributed by atoms with E-state index >= 15 is 0 Å². The van der Waals surface area contributed by atoms with Crippen molar-refractivity contribution < 1.29 is 4.79 Å². The lowest BCUT2D eigenvalue weighted by Crippen LogP contribution is -2.03. The Morgan fingerprint density at radius 3 is 3.20 bits per heavy atom. The predicted octanol–water partition coefficient (Wildman–Crippen LogP) is 2.16. The number of fused-ring (bicyclic) bond motifs is 1. The highest BCUT2D eigenvalue weighted by atomic mass is 32.2. The third-order valence-corrected chi connectivity index (χ3v) is 2.90. The Balaban J connectivity index is 2.27. The summed E-state index contributed by atoms with van der Waals surface area (Å²) < 4.78 is 1.95. The van der Waals surface area contributed by atoms with Crippen LogP contribution in [0.4, 0.5) is 0 Å². The minimum Gasteiger partial charge on any atom is -0.304 e. The highest BCUT2D eigenvalue weighted by molar-refractivity contribution is 8.13. The second-order valence-corrected chi connectivity index (χ2v) is 4.48. The molecule has 78 valence electrons. The first-order valence-electron chi connectivity index (χ1n) is 4.88. The molecule has 0 amide bonds. The van der Waals surface area contributed by atoms with Crippen LogP contribution in [0.25, 0.3) is 5.65 Å². The van der Waals surface area contributed by atoms with E-state index in [-0.39, 0.29) is 5.12 Å². The van der Waals surface area contributed by atoms with Crippen molar-refractivity contribution in [3.63, 3.8) is 0 Å². The molecule has 3 nitrogen and oxygen atoms in total. The van der Waals surface area contributed by atoms with Gasteiger partial charge in [0.25, 0.3) is 0 Å². The Morgan fingerprint density at radius 1 is 1.53 bits per heavy atom. The van der Waals surface area contributed by atoms with Crippen molar-refractivity contribution >= 4 is 22.5 Å². The highest BCUT2D eigenvalue weighted by Crippen LogP contribution is 2.11. The first kappa shape index (κ1) is 10.2. The summed E-state index contributed by atoms with van der Waals surface area (Å²) in [5.41, 5.74) is 1.89. The first-order valence-corrected chi connectivity index (χ1v) is 5.86. The molecule has 0 saturated heterocycles. The van der Waals surface area contributed by atoms with Gasteiger partial charge in [-0.1, -0.05) is 24.8 Å². The Labute approximate surface area is 92.5 Å². The summed E-state index contributed by atoms with van der Waals surface area (Å²) in [4.78, 5) is 15.7. The van der Waals surface area contributed by atoms with Crippen molar-refractivity contribution in [3.05, 3.63) is 36.3 Å². The van der Waals surface area contributed by atoms with Crippen LogP contribution in [0.3, 0.4) is 0 Å². The summed E-state index contributed by atoms with van der Waals surface area (Å²) >= 11 is 1.36. The zero-order valence-electron chi connectivity index (χ0n) is 8.51. The monoisotopic (exact) mass is 220 g/mol. The molecule has 0 aliphatic carbocycles. The van der Waals surface area contributed by atoms with Gasteiger partial charge in [-0.3, -0.25) is 4.79 Å². The normalized spacial score (nSPS) is 10.7. The summed E-state index contributed by atoms with van der Waals surface area (Å²) in [6.45, 7) is 1.99. The number of hydrogen-bond donors (Lipinski definition) is 0. The lowest BCUT2D eigenvalue weighted by molar-refractivity contribution is -0.110. The summed E-state index contributed by atoms with van der Waals surface area (Å²) in [6.07, 6.45) is 4.09. The maximum Gasteiger partial charge on any atom is 0.194 e. The Morgan fingerprint density at radius 2 is 2.40 bits per heavy atom. The molecule has 15 heavy (non-hydrogen) atoms. The third kappa shape index (κ3) is 2.21. The summed E-state index contributed by atoms with van der Waals surface area (Å²) in [5, 5.41) is 0.207. The lowest BCUT2D eigenvalue weighted by atomic mass is 10.3. The van der Waals surface area contributed by atoms with Crippen molar-refractivity contribution in [2.45, 2.75) is 13.3 Å². The van der Waals surface area contributed by atoms with Gasteiger partial charge in [0.05, 0.1) is 6.42 Å². The smallest absolute Gasteiger partial charge is 0.194 e. The number of nitrogens with zero attached hydrogens (tertiary/aromatic N) is 2. The number of carbonyl (C=O) groups is 1. The van der Waals surface area contributed by atoms with Crippen molar-refractivity contribution in [1.29, 1.82) is 0 Å². The van der Waals surface area contributed by atoms with E-state index in [1.54, 1.807) is 6.20 Å². The maximum atomic E-state index is 11.5. The van der Waals surface area contributed by atoms with Crippen LogP contribution in [-0.2, 0) is 11.2 Å². The van der Waals surface area contributed by atoms with Crippen molar-refractivity contribution in [2.75, 3.05) is 5.75 Å². The van der Waals surface area contributed by atoms with E-state index in [4.69, 9.17) is 0 Å². The van der Waals surface area contributed by atoms with Crippen molar-refractivity contribution in [3.8, 4) is 0 Å². The Kier molecular flexibility index (Phi) is 3.06. The fourth-order valence-electron chi connectivity index (χ4n) is 1.51.